The highest BCUT2D eigenvalue weighted by molar-refractivity contribution is 7.89. The number of rotatable bonds is 5. The van der Waals surface area contributed by atoms with Gasteiger partial charge >= 0.3 is 0 Å². The molecule has 2 atom stereocenters. The normalized spacial score (nSPS) is 21.1. The van der Waals surface area contributed by atoms with Gasteiger partial charge in [-0.2, -0.15) is 0 Å². The van der Waals surface area contributed by atoms with Crippen molar-refractivity contribution in [2.24, 2.45) is 5.41 Å². The minimum absolute atomic E-state index is 0.113. The van der Waals surface area contributed by atoms with Gasteiger partial charge in [-0.1, -0.05) is 43.3 Å². The van der Waals surface area contributed by atoms with Gasteiger partial charge in [-0.3, -0.25) is 0 Å². The molecule has 140 valence electrons. The average Bonchev–Trinajstić information content (AvgIpc) is 2.99. The minimum atomic E-state index is -3.61. The van der Waals surface area contributed by atoms with Crippen molar-refractivity contribution in [2.45, 2.75) is 30.7 Å². The summed E-state index contributed by atoms with van der Waals surface area (Å²) in [5.41, 5.74) is 0.934. The second-order valence-electron chi connectivity index (χ2n) is 7.28. The quantitative estimate of drug-likeness (QED) is 0.732. The Morgan fingerprint density at radius 2 is 1.85 bits per heavy atom. The summed E-state index contributed by atoms with van der Waals surface area (Å²) >= 11 is 0. The van der Waals surface area contributed by atoms with Crippen molar-refractivity contribution in [1.82, 2.24) is 19.7 Å². The van der Waals surface area contributed by atoms with Gasteiger partial charge in [0.1, 0.15) is 5.82 Å². The van der Waals surface area contributed by atoms with E-state index in [1.165, 1.54) is 16.8 Å². The summed E-state index contributed by atoms with van der Waals surface area (Å²) in [6.07, 6.45) is 1.72. The summed E-state index contributed by atoms with van der Waals surface area (Å²) < 4.78 is 42.9. The van der Waals surface area contributed by atoms with Gasteiger partial charge < -0.3 is 0 Å². The number of nitrogens with zero attached hydrogens (tertiary/aromatic N) is 3. The molecule has 1 aliphatic rings. The van der Waals surface area contributed by atoms with E-state index in [1.54, 1.807) is 48.7 Å². The van der Waals surface area contributed by atoms with E-state index in [0.717, 1.165) is 0 Å². The van der Waals surface area contributed by atoms with E-state index in [9.17, 15) is 12.8 Å². The molecule has 0 unspecified atom stereocenters. The van der Waals surface area contributed by atoms with Crippen molar-refractivity contribution in [1.29, 1.82) is 0 Å². The van der Waals surface area contributed by atoms with Crippen LogP contribution in [0.15, 0.2) is 65.7 Å². The lowest BCUT2D eigenvalue weighted by Gasteiger charge is -2.07. The van der Waals surface area contributed by atoms with Crippen LogP contribution < -0.4 is 4.72 Å². The molecule has 0 spiro atoms. The predicted molar refractivity (Wildman–Crippen MR) is 98.4 cm³/mol. The fraction of sp³-hybridized carbons (Fsp3) is 0.263. The molecule has 1 aliphatic carbocycles. The predicted octanol–water partition coefficient (Wildman–Crippen LogP) is 2.88. The molecule has 0 bridgehead atoms. The molecule has 0 amide bonds. The van der Waals surface area contributed by atoms with Crippen LogP contribution in [0.1, 0.15) is 25.5 Å². The monoisotopic (exact) mass is 386 g/mol. The summed E-state index contributed by atoms with van der Waals surface area (Å²) in [5.74, 6) is -0.469. The Bertz CT molecular complexity index is 1080. The Balaban J connectivity index is 1.57. The van der Waals surface area contributed by atoms with Crippen molar-refractivity contribution in [3.63, 3.8) is 0 Å². The second-order valence-corrected chi connectivity index (χ2v) is 8.99. The summed E-state index contributed by atoms with van der Waals surface area (Å²) in [5, 5.41) is 8.25. The summed E-state index contributed by atoms with van der Waals surface area (Å²) in [6.45, 7) is 3.97. The van der Waals surface area contributed by atoms with E-state index in [-0.39, 0.29) is 28.1 Å². The first kappa shape index (κ1) is 17.8. The average molecular weight is 386 g/mol. The van der Waals surface area contributed by atoms with Crippen molar-refractivity contribution >= 4 is 10.0 Å². The van der Waals surface area contributed by atoms with E-state index in [0.29, 0.717) is 11.4 Å². The number of nitrogens with one attached hydrogen (secondary N) is 1. The zero-order valence-electron chi connectivity index (χ0n) is 14.9. The van der Waals surface area contributed by atoms with Crippen molar-refractivity contribution in [3.05, 3.63) is 72.3 Å². The van der Waals surface area contributed by atoms with Crippen LogP contribution in [0, 0.1) is 11.2 Å². The van der Waals surface area contributed by atoms with Gasteiger partial charge in [0.2, 0.25) is 10.0 Å². The summed E-state index contributed by atoms with van der Waals surface area (Å²) in [4.78, 5) is 0.231. The molecule has 27 heavy (non-hydrogen) atoms. The molecule has 0 saturated heterocycles. The zero-order valence-corrected chi connectivity index (χ0v) is 15.7. The number of benzene rings is 2. The Labute approximate surface area is 157 Å². The number of halogens is 1. The molecule has 2 aromatic carbocycles. The Hall–Kier alpha value is -2.58. The maximum absolute atomic E-state index is 13.4. The van der Waals surface area contributed by atoms with Gasteiger partial charge in [-0.15, -0.1) is 5.10 Å². The van der Waals surface area contributed by atoms with E-state index in [2.05, 4.69) is 15.0 Å². The Kier molecular flexibility index (Phi) is 4.12. The maximum Gasteiger partial charge on any atom is 0.240 e. The van der Waals surface area contributed by atoms with E-state index in [4.69, 9.17) is 0 Å². The molecule has 1 N–H and O–H groups in total. The van der Waals surface area contributed by atoms with Crippen LogP contribution in [0.25, 0.3) is 5.69 Å². The number of hydrogen-bond donors (Lipinski definition) is 1. The van der Waals surface area contributed by atoms with Gasteiger partial charge in [0.05, 0.1) is 22.5 Å². The topological polar surface area (TPSA) is 76.9 Å². The second kappa shape index (κ2) is 6.24. The van der Waals surface area contributed by atoms with Gasteiger partial charge in [0, 0.05) is 12.0 Å². The standard InChI is InChI=1S/C19H19FN4O2S/c1-19(2)17(18(19)22-27(25,26)15-9-4-3-5-10-15)16-12-24(23-21-16)14-8-6-7-13(20)11-14/h3-12,17-18,22H,1-2H3/t17-,18+/m0/s1. The lowest BCUT2D eigenvalue weighted by Crippen LogP contribution is -2.29. The zero-order chi connectivity index (χ0) is 19.2. The molecule has 0 radical (unpaired) electrons. The van der Waals surface area contributed by atoms with Crippen molar-refractivity contribution in [3.8, 4) is 5.69 Å². The van der Waals surface area contributed by atoms with Crippen LogP contribution in [0.2, 0.25) is 0 Å². The first-order valence-corrected chi connectivity index (χ1v) is 10.0. The molecule has 1 fully saturated rings. The first-order chi connectivity index (χ1) is 12.8. The fourth-order valence-corrected chi connectivity index (χ4v) is 4.83. The Morgan fingerprint density at radius 3 is 2.56 bits per heavy atom. The lowest BCUT2D eigenvalue weighted by molar-refractivity contribution is 0.552. The van der Waals surface area contributed by atoms with Gasteiger partial charge in [-0.05, 0) is 35.7 Å². The van der Waals surface area contributed by atoms with Gasteiger partial charge in [0.15, 0.2) is 0 Å². The van der Waals surface area contributed by atoms with Crippen LogP contribution in [-0.4, -0.2) is 29.5 Å². The SMILES string of the molecule is CC1(C)[C@H](NS(=O)(=O)c2ccccc2)[C@@H]1c1cn(-c2cccc(F)c2)nn1. The molecule has 1 saturated carbocycles. The molecule has 6 nitrogen and oxygen atoms in total. The van der Waals surface area contributed by atoms with E-state index >= 15 is 0 Å². The minimum Gasteiger partial charge on any atom is -0.220 e. The van der Waals surface area contributed by atoms with Crippen LogP contribution in [0.3, 0.4) is 0 Å². The van der Waals surface area contributed by atoms with Gasteiger partial charge in [0.25, 0.3) is 0 Å². The molecule has 1 aromatic heterocycles. The highest BCUT2D eigenvalue weighted by atomic mass is 32.2. The smallest absolute Gasteiger partial charge is 0.220 e. The number of hydrogen-bond acceptors (Lipinski definition) is 4. The Morgan fingerprint density at radius 1 is 1.11 bits per heavy atom. The molecule has 3 aromatic rings. The first-order valence-electron chi connectivity index (χ1n) is 8.54. The van der Waals surface area contributed by atoms with Crippen LogP contribution in [0.4, 0.5) is 4.39 Å². The summed E-state index contributed by atoms with van der Waals surface area (Å²) in [6, 6.07) is 14.0. The van der Waals surface area contributed by atoms with E-state index < -0.39 is 10.0 Å². The number of sulfonamides is 1. The summed E-state index contributed by atoms with van der Waals surface area (Å²) in [7, 11) is -3.61. The molecule has 8 heteroatoms. The van der Waals surface area contributed by atoms with Crippen molar-refractivity contribution < 1.29 is 12.8 Å². The number of aromatic nitrogens is 3. The molecular formula is C19H19FN4O2S. The largest absolute Gasteiger partial charge is 0.240 e. The third kappa shape index (κ3) is 3.26. The van der Waals surface area contributed by atoms with Gasteiger partial charge in [-0.25, -0.2) is 22.2 Å². The highest BCUT2D eigenvalue weighted by Gasteiger charge is 2.61. The van der Waals surface area contributed by atoms with Crippen molar-refractivity contribution in [2.75, 3.05) is 0 Å². The molecular weight excluding hydrogens is 367 g/mol. The van der Waals surface area contributed by atoms with Crippen LogP contribution in [-0.2, 0) is 10.0 Å². The molecule has 0 aliphatic heterocycles. The third-order valence-corrected chi connectivity index (χ3v) is 6.52. The highest BCUT2D eigenvalue weighted by Crippen LogP contribution is 2.58. The molecule has 1 heterocycles. The van der Waals surface area contributed by atoms with Crippen LogP contribution in [0.5, 0.6) is 0 Å². The maximum atomic E-state index is 13.4. The van der Waals surface area contributed by atoms with E-state index in [1.807, 2.05) is 13.8 Å². The lowest BCUT2D eigenvalue weighted by atomic mass is 10.1. The molecule has 4 rings (SSSR count). The fourth-order valence-electron chi connectivity index (χ4n) is 3.41. The third-order valence-electron chi connectivity index (χ3n) is 5.07. The van der Waals surface area contributed by atoms with Crippen LogP contribution >= 0.6 is 0 Å².